The molecule has 5 heteroatoms. The number of aromatic nitrogens is 3. The third kappa shape index (κ3) is 1.62. The van der Waals surface area contributed by atoms with E-state index < -0.39 is 0 Å². The molecule has 0 amide bonds. The van der Waals surface area contributed by atoms with Gasteiger partial charge >= 0.3 is 0 Å². The smallest absolute Gasteiger partial charge is 0.271 e. The van der Waals surface area contributed by atoms with Crippen LogP contribution in [0.15, 0.2) is 47.3 Å². The van der Waals surface area contributed by atoms with E-state index in [1.54, 1.807) is 18.2 Å². The normalized spacial score (nSPS) is 10.9. The molecular weight excluding hydrogens is 238 g/mol. The Morgan fingerprint density at radius 1 is 1.12 bits per heavy atom. The molecule has 1 N–H and O–H groups in total. The molecular formula is C12H8ClN3O. The molecule has 0 radical (unpaired) electrons. The molecule has 0 fully saturated rings. The zero-order valence-corrected chi connectivity index (χ0v) is 9.48. The molecule has 2 heterocycles. The second kappa shape index (κ2) is 3.75. The second-order valence-electron chi connectivity index (χ2n) is 3.61. The van der Waals surface area contributed by atoms with E-state index in [1.807, 2.05) is 18.2 Å². The maximum Gasteiger partial charge on any atom is 0.271 e. The van der Waals surface area contributed by atoms with Gasteiger partial charge in [0, 0.05) is 11.6 Å². The summed E-state index contributed by atoms with van der Waals surface area (Å²) >= 11 is 6.08. The van der Waals surface area contributed by atoms with Gasteiger partial charge in [0.05, 0.1) is 5.02 Å². The van der Waals surface area contributed by atoms with Gasteiger partial charge in [0.1, 0.15) is 0 Å². The van der Waals surface area contributed by atoms with Gasteiger partial charge < -0.3 is 0 Å². The van der Waals surface area contributed by atoms with Gasteiger partial charge in [0.15, 0.2) is 11.5 Å². The number of nitrogens with one attached hydrogen (secondary N) is 1. The van der Waals surface area contributed by atoms with Crippen molar-refractivity contribution in [3.63, 3.8) is 0 Å². The molecule has 0 aliphatic rings. The Labute approximate surface area is 101 Å². The van der Waals surface area contributed by atoms with Gasteiger partial charge in [-0.15, -0.1) is 0 Å². The number of pyridine rings is 1. The molecule has 0 aliphatic heterocycles. The summed E-state index contributed by atoms with van der Waals surface area (Å²) in [6.07, 6.45) is 0. The highest BCUT2D eigenvalue weighted by Gasteiger charge is 2.08. The van der Waals surface area contributed by atoms with Crippen LogP contribution in [0.2, 0.25) is 5.02 Å². The van der Waals surface area contributed by atoms with Crippen LogP contribution in [0.3, 0.4) is 0 Å². The summed E-state index contributed by atoms with van der Waals surface area (Å²) in [5.41, 5.74) is 1.21. The fraction of sp³-hybridized carbons (Fsp3) is 0. The van der Waals surface area contributed by atoms with Crippen molar-refractivity contribution in [1.29, 1.82) is 0 Å². The van der Waals surface area contributed by atoms with E-state index >= 15 is 0 Å². The molecule has 3 aromatic rings. The van der Waals surface area contributed by atoms with Crippen LogP contribution < -0.4 is 5.56 Å². The summed E-state index contributed by atoms with van der Waals surface area (Å²) in [6, 6.07) is 12.3. The Morgan fingerprint density at radius 3 is 2.71 bits per heavy atom. The Balaban J connectivity index is 2.30. The van der Waals surface area contributed by atoms with Crippen LogP contribution in [-0.2, 0) is 0 Å². The van der Waals surface area contributed by atoms with Gasteiger partial charge in [-0.25, -0.2) is 4.98 Å². The lowest BCUT2D eigenvalue weighted by Gasteiger charge is -1.97. The van der Waals surface area contributed by atoms with E-state index in [0.717, 1.165) is 5.56 Å². The predicted molar refractivity (Wildman–Crippen MR) is 66.3 cm³/mol. The molecule has 0 bridgehead atoms. The van der Waals surface area contributed by atoms with Gasteiger partial charge in [0.25, 0.3) is 5.56 Å². The molecule has 0 saturated heterocycles. The Morgan fingerprint density at radius 2 is 1.94 bits per heavy atom. The van der Waals surface area contributed by atoms with E-state index in [2.05, 4.69) is 10.1 Å². The monoisotopic (exact) mass is 245 g/mol. The molecule has 1 aromatic carbocycles. The molecule has 3 rings (SSSR count). The van der Waals surface area contributed by atoms with Gasteiger partial charge in [-0.1, -0.05) is 29.8 Å². The van der Waals surface area contributed by atoms with Crippen molar-refractivity contribution in [2.45, 2.75) is 0 Å². The summed E-state index contributed by atoms with van der Waals surface area (Å²) in [7, 11) is 0. The van der Waals surface area contributed by atoms with Crippen LogP contribution in [-0.4, -0.2) is 14.6 Å². The Bertz CT molecular complexity index is 745. The van der Waals surface area contributed by atoms with Crippen molar-refractivity contribution in [2.24, 2.45) is 0 Å². The molecule has 0 aliphatic carbocycles. The fourth-order valence-corrected chi connectivity index (χ4v) is 1.92. The lowest BCUT2D eigenvalue weighted by atomic mass is 10.2. The number of benzene rings is 1. The highest BCUT2D eigenvalue weighted by Crippen LogP contribution is 2.24. The van der Waals surface area contributed by atoms with Crippen molar-refractivity contribution in [3.8, 4) is 11.4 Å². The largest absolute Gasteiger partial charge is 0.272 e. The first-order chi connectivity index (χ1) is 8.25. The minimum Gasteiger partial charge on any atom is -0.272 e. The van der Waals surface area contributed by atoms with Crippen LogP contribution in [0, 0.1) is 0 Å². The number of rotatable bonds is 1. The predicted octanol–water partition coefficient (Wildman–Crippen LogP) is 2.34. The number of hydrogen-bond acceptors (Lipinski definition) is 2. The molecule has 0 atom stereocenters. The summed E-state index contributed by atoms with van der Waals surface area (Å²) < 4.78 is 1.39. The first kappa shape index (κ1) is 10.1. The molecule has 2 aromatic heterocycles. The van der Waals surface area contributed by atoms with E-state index in [-0.39, 0.29) is 5.56 Å². The minimum atomic E-state index is -0.145. The maximum atomic E-state index is 11.6. The molecule has 17 heavy (non-hydrogen) atoms. The van der Waals surface area contributed by atoms with Crippen molar-refractivity contribution < 1.29 is 0 Å². The summed E-state index contributed by atoms with van der Waals surface area (Å²) in [5, 5.41) is 3.53. The van der Waals surface area contributed by atoms with Gasteiger partial charge in [0.2, 0.25) is 0 Å². The topological polar surface area (TPSA) is 50.2 Å². The molecule has 0 unspecified atom stereocenters. The number of hydrogen-bond donors (Lipinski definition) is 1. The number of nitrogens with zero attached hydrogens (tertiary/aromatic N) is 2. The Hall–Kier alpha value is -2.07. The van der Waals surface area contributed by atoms with Crippen LogP contribution >= 0.6 is 11.6 Å². The molecule has 84 valence electrons. The van der Waals surface area contributed by atoms with E-state index in [0.29, 0.717) is 16.5 Å². The number of fused-ring (bicyclic) bond motifs is 1. The van der Waals surface area contributed by atoms with E-state index in [9.17, 15) is 4.79 Å². The number of H-pyrrole nitrogens is 1. The van der Waals surface area contributed by atoms with Crippen LogP contribution in [0.5, 0.6) is 0 Å². The van der Waals surface area contributed by atoms with Crippen molar-refractivity contribution in [2.75, 3.05) is 0 Å². The summed E-state index contributed by atoms with van der Waals surface area (Å²) in [5.74, 6) is 0.582. The number of aromatic amines is 1. The average molecular weight is 246 g/mol. The first-order valence-electron chi connectivity index (χ1n) is 5.08. The van der Waals surface area contributed by atoms with Crippen molar-refractivity contribution in [3.05, 3.63) is 57.8 Å². The third-order valence-corrected chi connectivity index (χ3v) is 2.84. The van der Waals surface area contributed by atoms with E-state index in [1.165, 1.54) is 10.6 Å². The van der Waals surface area contributed by atoms with Crippen LogP contribution in [0.1, 0.15) is 0 Å². The molecule has 4 nitrogen and oxygen atoms in total. The van der Waals surface area contributed by atoms with Crippen LogP contribution in [0.25, 0.3) is 17.0 Å². The SMILES string of the molecule is O=c1cccc2nc(-c3ccccc3Cl)[nH]n12. The third-order valence-electron chi connectivity index (χ3n) is 2.51. The summed E-state index contributed by atoms with van der Waals surface area (Å²) in [4.78, 5) is 15.9. The summed E-state index contributed by atoms with van der Waals surface area (Å²) in [6.45, 7) is 0. The van der Waals surface area contributed by atoms with Crippen molar-refractivity contribution in [1.82, 2.24) is 14.6 Å². The molecule has 0 spiro atoms. The highest BCUT2D eigenvalue weighted by molar-refractivity contribution is 6.33. The average Bonchev–Trinajstić information content (AvgIpc) is 2.75. The van der Waals surface area contributed by atoms with Crippen molar-refractivity contribution >= 4 is 17.2 Å². The van der Waals surface area contributed by atoms with Gasteiger partial charge in [-0.2, -0.15) is 4.52 Å². The second-order valence-corrected chi connectivity index (χ2v) is 4.02. The standard InChI is InChI=1S/C12H8ClN3O/c13-9-5-2-1-4-8(9)12-14-10-6-3-7-11(17)16(10)15-12/h1-7H,(H,14,15). The minimum absolute atomic E-state index is 0.145. The quantitative estimate of drug-likeness (QED) is 0.715. The number of halogens is 1. The maximum absolute atomic E-state index is 11.6. The lowest BCUT2D eigenvalue weighted by Crippen LogP contribution is -2.11. The zero-order chi connectivity index (χ0) is 11.8. The van der Waals surface area contributed by atoms with Gasteiger partial charge in [-0.05, 0) is 18.2 Å². The highest BCUT2D eigenvalue weighted by atomic mass is 35.5. The van der Waals surface area contributed by atoms with E-state index in [4.69, 9.17) is 11.6 Å². The molecule has 0 saturated carbocycles. The zero-order valence-electron chi connectivity index (χ0n) is 8.72. The Kier molecular flexibility index (Phi) is 2.23. The fourth-order valence-electron chi connectivity index (χ4n) is 1.70. The van der Waals surface area contributed by atoms with Gasteiger partial charge in [-0.3, -0.25) is 9.89 Å². The lowest BCUT2D eigenvalue weighted by molar-refractivity contribution is 0.924. The van der Waals surface area contributed by atoms with Crippen LogP contribution in [0.4, 0.5) is 0 Å². The first-order valence-corrected chi connectivity index (χ1v) is 5.46.